The van der Waals surface area contributed by atoms with E-state index >= 15 is 0 Å². The first-order valence-corrected chi connectivity index (χ1v) is 24.0. The van der Waals surface area contributed by atoms with E-state index in [1.807, 2.05) is 72.6 Å². The standard InChI is InChI=1S/C46H57ClN10O5S2/c1-49-31-23-30(48)25-50-26-39-42(38(52-55(39)5)27-62-33-12-10-32(11-13-33)56-17-19-57(20-18-56)64(60)53(2)3)41-37(47)15-14-36-35(45(46(58)59)54(4)44(36)41)9-7-21-61-40-24-34(63-28-31)22-29-8-6-16-51-43(29)40/h10-15,22-24,50-51H,6-9,16-21,25-28,48H2,1-5H3,(H,58,59). The van der Waals surface area contributed by atoms with E-state index < -0.39 is 17.1 Å². The van der Waals surface area contributed by atoms with Crippen molar-refractivity contribution >= 4 is 68.5 Å². The summed E-state index contributed by atoms with van der Waals surface area (Å²) in [7, 11) is 9.11. The number of carboxylic acids is 1. The fourth-order valence-electron chi connectivity index (χ4n) is 8.90. The predicted octanol–water partition coefficient (Wildman–Crippen LogP) is 6.25. The van der Waals surface area contributed by atoms with Crippen molar-refractivity contribution in [1.82, 2.24) is 28.3 Å². The van der Waals surface area contributed by atoms with Crippen LogP contribution in [0.4, 0.5) is 11.4 Å². The normalized spacial score (nSPS) is 17.9. The highest BCUT2D eigenvalue weighted by molar-refractivity contribution is 8.00. The Balaban J connectivity index is 1.13. The number of nitrogens with one attached hydrogen (secondary N) is 2. The number of piperazine rings is 1. The van der Waals surface area contributed by atoms with Gasteiger partial charge in [0.25, 0.3) is 0 Å². The second-order valence-corrected chi connectivity index (χ2v) is 19.6. The van der Waals surface area contributed by atoms with Crippen LogP contribution in [0.2, 0.25) is 5.02 Å². The summed E-state index contributed by atoms with van der Waals surface area (Å²) in [6, 6.07) is 16.1. The van der Waals surface area contributed by atoms with Crippen LogP contribution in [0, 0.1) is 0 Å². The Labute approximate surface area is 386 Å². The summed E-state index contributed by atoms with van der Waals surface area (Å²) in [5, 5.41) is 24.1. The van der Waals surface area contributed by atoms with Gasteiger partial charge in [-0.1, -0.05) is 17.7 Å². The van der Waals surface area contributed by atoms with E-state index in [-0.39, 0.29) is 12.3 Å². The number of hydrogen-bond acceptors (Lipinski definition) is 11. The van der Waals surface area contributed by atoms with E-state index in [1.165, 1.54) is 5.56 Å². The van der Waals surface area contributed by atoms with Gasteiger partial charge < -0.3 is 40.4 Å². The Kier molecular flexibility index (Phi) is 14.2. The van der Waals surface area contributed by atoms with Gasteiger partial charge >= 0.3 is 5.97 Å². The zero-order valence-electron chi connectivity index (χ0n) is 37.1. The van der Waals surface area contributed by atoms with Gasteiger partial charge in [0, 0.05) is 125 Å². The fourth-order valence-corrected chi connectivity index (χ4v) is 11.0. The Morgan fingerprint density at radius 1 is 1.06 bits per heavy atom. The fraction of sp³-hybridized carbons (Fsp3) is 0.413. The lowest BCUT2D eigenvalue weighted by atomic mass is 9.97. The molecule has 5 aromatic rings. The molecular weight excluding hydrogens is 872 g/mol. The van der Waals surface area contributed by atoms with Crippen LogP contribution in [-0.4, -0.2) is 117 Å². The summed E-state index contributed by atoms with van der Waals surface area (Å²) in [4.78, 5) is 21.1. The number of rotatable bonds is 7. The molecule has 3 aliphatic heterocycles. The third-order valence-corrected chi connectivity index (χ3v) is 14.8. The minimum atomic E-state index is -1.15. The molecule has 6 bridgehead atoms. The van der Waals surface area contributed by atoms with Crippen LogP contribution in [0.3, 0.4) is 0 Å². The summed E-state index contributed by atoms with van der Waals surface area (Å²) in [6.45, 7) is 5.10. The van der Waals surface area contributed by atoms with E-state index in [4.69, 9.17) is 31.9 Å². The third kappa shape index (κ3) is 9.65. The number of carbonyl (C=O) groups is 1. The molecule has 18 heteroatoms. The lowest BCUT2D eigenvalue weighted by Gasteiger charge is -2.36. The maximum absolute atomic E-state index is 13.1. The maximum Gasteiger partial charge on any atom is 0.352 e. The van der Waals surface area contributed by atoms with Gasteiger partial charge in [0.2, 0.25) is 0 Å². The summed E-state index contributed by atoms with van der Waals surface area (Å²) >= 11 is 7.78. The number of fused-ring (bicyclic) bond motifs is 6. The van der Waals surface area contributed by atoms with Crippen LogP contribution in [0.25, 0.3) is 22.0 Å². The summed E-state index contributed by atoms with van der Waals surface area (Å²) in [5.41, 5.74) is 16.0. The van der Waals surface area contributed by atoms with Gasteiger partial charge in [-0.25, -0.2) is 17.6 Å². The lowest BCUT2D eigenvalue weighted by Crippen LogP contribution is -2.49. The number of aromatic carboxylic acids is 1. The van der Waals surface area contributed by atoms with Crippen molar-refractivity contribution in [3.05, 3.63) is 93.5 Å². The van der Waals surface area contributed by atoms with Gasteiger partial charge in [0.15, 0.2) is 11.2 Å². The highest BCUT2D eigenvalue weighted by Crippen LogP contribution is 2.43. The summed E-state index contributed by atoms with van der Waals surface area (Å²) in [6.07, 6.45) is 5.01. The number of allylic oxidation sites excluding steroid dienone is 1. The van der Waals surface area contributed by atoms with Crippen molar-refractivity contribution in [2.75, 3.05) is 83.0 Å². The molecule has 1 unspecified atom stereocenters. The van der Waals surface area contributed by atoms with Gasteiger partial charge in [-0.15, -0.1) is 11.8 Å². The molecule has 3 aliphatic rings. The molecule has 2 aromatic heterocycles. The minimum absolute atomic E-state index is 0.125. The summed E-state index contributed by atoms with van der Waals surface area (Å²) in [5.74, 6) is 1.09. The first kappa shape index (κ1) is 45.5. The number of anilines is 2. The highest BCUT2D eigenvalue weighted by atomic mass is 35.5. The minimum Gasteiger partial charge on any atom is -0.491 e. The molecule has 0 amide bonds. The summed E-state index contributed by atoms with van der Waals surface area (Å²) < 4.78 is 32.8. The van der Waals surface area contributed by atoms with E-state index in [0.29, 0.717) is 84.6 Å². The van der Waals surface area contributed by atoms with Crippen molar-refractivity contribution in [3.8, 4) is 22.6 Å². The van der Waals surface area contributed by atoms with Crippen LogP contribution in [0.5, 0.6) is 11.5 Å². The number of thioether (sulfide) groups is 1. The number of nitrogens with zero attached hydrogens (tertiary/aromatic N) is 7. The average Bonchev–Trinajstić information content (AvgIpc) is 3.76. The molecule has 8 rings (SSSR count). The van der Waals surface area contributed by atoms with Crippen LogP contribution < -0.4 is 30.7 Å². The maximum atomic E-state index is 13.1. The monoisotopic (exact) mass is 928 g/mol. The quantitative estimate of drug-likeness (QED) is 0.146. The number of ether oxygens (including phenoxy) is 2. The second-order valence-electron chi connectivity index (χ2n) is 16.4. The zero-order valence-corrected chi connectivity index (χ0v) is 39.5. The zero-order chi connectivity index (χ0) is 45.1. The Morgan fingerprint density at radius 3 is 2.58 bits per heavy atom. The molecule has 15 nitrogen and oxygen atoms in total. The molecule has 0 aliphatic carbocycles. The molecule has 5 N–H and O–H groups in total. The van der Waals surface area contributed by atoms with Crippen LogP contribution in [0.1, 0.15) is 45.8 Å². The number of halogens is 1. The highest BCUT2D eigenvalue weighted by Gasteiger charge is 2.29. The first-order valence-electron chi connectivity index (χ1n) is 21.6. The number of aromatic nitrogens is 3. The first-order chi connectivity index (χ1) is 30.9. The van der Waals surface area contributed by atoms with Gasteiger partial charge in [0.1, 0.15) is 29.5 Å². The smallest absolute Gasteiger partial charge is 0.352 e. The molecule has 340 valence electrons. The van der Waals surface area contributed by atoms with Gasteiger partial charge in [0.05, 0.1) is 28.5 Å². The number of hydrogen-bond donors (Lipinski definition) is 4. The van der Waals surface area contributed by atoms with Crippen molar-refractivity contribution in [3.63, 3.8) is 0 Å². The number of nitrogens with two attached hydrogens (primary N) is 1. The average molecular weight is 930 g/mol. The molecule has 1 atom stereocenters. The number of aryl methyl sites for hydroxylation is 4. The lowest BCUT2D eigenvalue weighted by molar-refractivity contribution is 0.0685. The van der Waals surface area contributed by atoms with Gasteiger partial charge in [-0.3, -0.25) is 9.67 Å². The molecule has 0 spiro atoms. The molecule has 3 aromatic carbocycles. The van der Waals surface area contributed by atoms with Crippen LogP contribution in [-0.2, 0) is 51.3 Å². The van der Waals surface area contributed by atoms with Crippen molar-refractivity contribution in [2.24, 2.45) is 24.8 Å². The Hall–Kier alpha value is -5.04. The second kappa shape index (κ2) is 20.0. The molecular formula is C46H57ClN10O5S2. The Morgan fingerprint density at radius 2 is 1.84 bits per heavy atom. The number of carboxylic acid groups (broad SMARTS) is 1. The number of aliphatic imine (C=N–C) groups is 1. The molecule has 1 fully saturated rings. The van der Waals surface area contributed by atoms with E-state index in [9.17, 15) is 14.1 Å². The van der Waals surface area contributed by atoms with Gasteiger partial charge in [-0.05, 0) is 85.4 Å². The molecule has 0 saturated carbocycles. The van der Waals surface area contributed by atoms with E-state index in [1.54, 1.807) is 34.7 Å². The largest absolute Gasteiger partial charge is 0.491 e. The van der Waals surface area contributed by atoms with E-state index in [2.05, 4.69) is 32.7 Å². The van der Waals surface area contributed by atoms with Crippen molar-refractivity contribution in [1.29, 1.82) is 0 Å². The number of benzene rings is 3. The van der Waals surface area contributed by atoms with Crippen LogP contribution in [0.15, 0.2) is 70.2 Å². The third-order valence-electron chi connectivity index (χ3n) is 12.0. The molecule has 1 saturated heterocycles. The molecule has 5 heterocycles. The van der Waals surface area contributed by atoms with Crippen molar-refractivity contribution in [2.45, 2.75) is 43.7 Å². The SMILES string of the molecule is CN=C1C=C(N)CNCc2c(c(COc3ccc(N4CCN(S(=O)N(C)C)CC4)cc3)nn2C)-c2c(Cl)ccc3c(c(C(=O)O)n(C)c23)CCCOc2cc(cc3c2NCCC3)SC1. The van der Waals surface area contributed by atoms with Crippen molar-refractivity contribution < 1.29 is 23.6 Å². The predicted molar refractivity (Wildman–Crippen MR) is 259 cm³/mol. The van der Waals surface area contributed by atoms with Crippen LogP contribution >= 0.6 is 23.4 Å². The van der Waals surface area contributed by atoms with E-state index in [0.717, 1.165) is 82.4 Å². The Bertz CT molecular complexity index is 2620. The molecule has 0 radical (unpaired) electrons. The molecule has 64 heavy (non-hydrogen) atoms. The van der Waals surface area contributed by atoms with Gasteiger partial charge in [-0.2, -0.15) is 5.10 Å². The topological polar surface area (TPSA) is 168 Å².